The van der Waals surface area contributed by atoms with E-state index in [0.29, 0.717) is 26.2 Å². The van der Waals surface area contributed by atoms with Gasteiger partial charge in [-0.2, -0.15) is 5.26 Å². The summed E-state index contributed by atoms with van der Waals surface area (Å²) < 4.78 is 10.8. The first kappa shape index (κ1) is 28.7. The molecule has 2 fully saturated rings. The lowest BCUT2D eigenvalue weighted by Crippen LogP contribution is -2.51. The molecule has 0 spiro atoms. The van der Waals surface area contributed by atoms with Crippen molar-refractivity contribution in [2.24, 2.45) is 0 Å². The van der Waals surface area contributed by atoms with E-state index >= 15 is 0 Å². The second kappa shape index (κ2) is 13.6. The van der Waals surface area contributed by atoms with Crippen molar-refractivity contribution in [3.05, 3.63) is 47.5 Å². The van der Waals surface area contributed by atoms with E-state index in [-0.39, 0.29) is 30.5 Å². The molecule has 0 saturated carbocycles. The second-order valence-corrected chi connectivity index (χ2v) is 10.0. The van der Waals surface area contributed by atoms with Gasteiger partial charge in [-0.25, -0.2) is 4.79 Å². The van der Waals surface area contributed by atoms with Gasteiger partial charge in [-0.15, -0.1) is 0 Å². The van der Waals surface area contributed by atoms with Crippen LogP contribution in [0.2, 0.25) is 0 Å². The highest BCUT2D eigenvalue weighted by atomic mass is 16.5. The van der Waals surface area contributed by atoms with Crippen molar-refractivity contribution in [2.75, 3.05) is 39.5 Å². The van der Waals surface area contributed by atoms with E-state index in [1.54, 1.807) is 11.0 Å². The fourth-order valence-corrected chi connectivity index (χ4v) is 4.79. The Morgan fingerprint density at radius 2 is 1.95 bits per heavy atom. The van der Waals surface area contributed by atoms with Gasteiger partial charge in [-0.1, -0.05) is 30.3 Å². The number of alkyl carbamates (subject to hydrolysis) is 1. The molecule has 1 aromatic carbocycles. The molecule has 0 aliphatic carbocycles. The maximum Gasteiger partial charge on any atom is 0.475 e. The number of hydrogen-bond donors (Lipinski definition) is 3. The molecule has 2 amide bonds. The number of ether oxygens (including phenoxy) is 2. The van der Waals surface area contributed by atoms with Crippen molar-refractivity contribution >= 4 is 19.1 Å². The molecule has 11 heteroatoms. The fourth-order valence-electron chi connectivity index (χ4n) is 4.79. The number of nitrogens with one attached hydrogen (secondary N) is 1. The predicted octanol–water partition coefficient (Wildman–Crippen LogP) is 1.28. The van der Waals surface area contributed by atoms with E-state index in [2.05, 4.69) is 16.3 Å². The van der Waals surface area contributed by atoms with Crippen LogP contribution in [0.4, 0.5) is 4.79 Å². The Bertz CT molecular complexity index is 975. The summed E-state index contributed by atoms with van der Waals surface area (Å²) in [6.45, 7) is 7.04. The number of benzene rings is 1. The Hall–Kier alpha value is -2.91. The maximum absolute atomic E-state index is 13.4. The average molecular weight is 512 g/mol. The molecule has 2 saturated heterocycles. The maximum atomic E-state index is 13.4. The lowest BCUT2D eigenvalue weighted by molar-refractivity contribution is -0.131. The number of nitriles is 1. The number of amides is 2. The largest absolute Gasteiger partial charge is 0.475 e. The first-order chi connectivity index (χ1) is 17.7. The number of rotatable bonds is 9. The van der Waals surface area contributed by atoms with Gasteiger partial charge in [0.15, 0.2) is 0 Å². The number of hydrogen-bond acceptors (Lipinski definition) is 8. The summed E-state index contributed by atoms with van der Waals surface area (Å²) >= 11 is 0. The van der Waals surface area contributed by atoms with Crippen molar-refractivity contribution in [1.29, 1.82) is 5.26 Å². The van der Waals surface area contributed by atoms with Gasteiger partial charge in [-0.3, -0.25) is 9.69 Å². The number of likely N-dealkylation sites (tertiary alicyclic amines) is 1. The molecule has 3 rings (SSSR count). The first-order valence-electron chi connectivity index (χ1n) is 12.8. The van der Waals surface area contributed by atoms with Gasteiger partial charge in [-0.05, 0) is 51.2 Å². The van der Waals surface area contributed by atoms with Gasteiger partial charge in [0, 0.05) is 25.2 Å². The zero-order valence-corrected chi connectivity index (χ0v) is 21.6. The highest BCUT2D eigenvalue weighted by Crippen LogP contribution is 2.23. The smallest absolute Gasteiger partial charge is 0.447 e. The third-order valence-electron chi connectivity index (χ3n) is 6.93. The third kappa shape index (κ3) is 8.30. The summed E-state index contributed by atoms with van der Waals surface area (Å²) in [5.41, 5.74) is 0.408. The molecule has 10 nitrogen and oxygen atoms in total. The summed E-state index contributed by atoms with van der Waals surface area (Å²) in [7, 11) is -1.77. The van der Waals surface area contributed by atoms with Crippen LogP contribution in [0, 0.1) is 11.3 Å². The van der Waals surface area contributed by atoms with Crippen LogP contribution in [-0.2, 0) is 20.7 Å². The average Bonchev–Trinajstić information content (AvgIpc) is 2.91. The standard InChI is InChI=1S/C26H37BN4O6/c1-26(2,30-12-14-36-15-13-30)17-21(18-28)24(32)31-11-7-6-10-22(31)19-37-25(33)29-23(27(34)35)16-20-8-4-3-5-9-20/h3-5,8-9,17,22-23,34-35H,6-7,10-16,19H2,1-2H3,(H,29,33)/t22?,23-/m0/s1. The molecule has 2 aliphatic heterocycles. The van der Waals surface area contributed by atoms with Gasteiger partial charge in [0.2, 0.25) is 0 Å². The van der Waals surface area contributed by atoms with Crippen molar-refractivity contribution in [3.8, 4) is 6.07 Å². The summed E-state index contributed by atoms with van der Waals surface area (Å²) in [6, 6.07) is 10.9. The fraction of sp³-hybridized carbons (Fsp3) is 0.577. The quantitative estimate of drug-likeness (QED) is 0.256. The lowest BCUT2D eigenvalue weighted by Gasteiger charge is -2.39. The molecular weight excluding hydrogens is 475 g/mol. The van der Waals surface area contributed by atoms with E-state index in [1.165, 1.54) is 0 Å². The minimum atomic E-state index is -1.77. The lowest BCUT2D eigenvalue weighted by atomic mass is 9.76. The van der Waals surface area contributed by atoms with Crippen molar-refractivity contribution < 1.29 is 29.1 Å². The van der Waals surface area contributed by atoms with Gasteiger partial charge in [0.1, 0.15) is 18.2 Å². The predicted molar refractivity (Wildman–Crippen MR) is 138 cm³/mol. The van der Waals surface area contributed by atoms with Crippen LogP contribution in [0.5, 0.6) is 0 Å². The normalized spacial score (nSPS) is 20.0. The Morgan fingerprint density at radius 3 is 2.59 bits per heavy atom. The zero-order valence-electron chi connectivity index (χ0n) is 21.6. The summed E-state index contributed by atoms with van der Waals surface area (Å²) in [4.78, 5) is 29.7. The van der Waals surface area contributed by atoms with E-state index in [1.807, 2.05) is 44.2 Å². The SMILES string of the molecule is CC(C)(C=C(C#N)C(=O)N1CCCCC1COC(=O)N[C@@H](Cc1ccccc1)B(O)O)N1CCOCC1. The Kier molecular flexibility index (Phi) is 10.5. The second-order valence-electron chi connectivity index (χ2n) is 10.0. The van der Waals surface area contributed by atoms with Crippen LogP contribution in [0.3, 0.4) is 0 Å². The van der Waals surface area contributed by atoms with E-state index in [0.717, 1.165) is 31.5 Å². The molecule has 200 valence electrons. The minimum absolute atomic E-state index is 0.0529. The number of carbonyl (C=O) groups is 2. The number of piperidine rings is 1. The van der Waals surface area contributed by atoms with Gasteiger partial charge < -0.3 is 29.7 Å². The summed E-state index contributed by atoms with van der Waals surface area (Å²) in [6.07, 6.45) is 3.46. The Balaban J connectivity index is 1.61. The molecule has 2 atom stereocenters. The molecular formula is C26H37BN4O6. The number of carbonyl (C=O) groups excluding carboxylic acids is 2. The van der Waals surface area contributed by atoms with Crippen LogP contribution in [-0.4, -0.2) is 95.9 Å². The topological polar surface area (TPSA) is 135 Å². The molecule has 3 N–H and O–H groups in total. The molecule has 0 bridgehead atoms. The molecule has 0 aromatic heterocycles. The van der Waals surface area contributed by atoms with Crippen LogP contribution >= 0.6 is 0 Å². The van der Waals surface area contributed by atoms with Crippen LogP contribution in [0.25, 0.3) is 0 Å². The Labute approximate surface area is 219 Å². The van der Waals surface area contributed by atoms with E-state index < -0.39 is 24.7 Å². The summed E-state index contributed by atoms with van der Waals surface area (Å²) in [5.74, 6) is -1.32. The molecule has 1 aromatic rings. The third-order valence-corrected chi connectivity index (χ3v) is 6.93. The van der Waals surface area contributed by atoms with E-state index in [9.17, 15) is 24.9 Å². The van der Waals surface area contributed by atoms with E-state index in [4.69, 9.17) is 9.47 Å². The highest BCUT2D eigenvalue weighted by molar-refractivity contribution is 6.43. The molecule has 1 unspecified atom stereocenters. The first-order valence-corrected chi connectivity index (χ1v) is 12.8. The van der Waals surface area contributed by atoms with Gasteiger partial charge >= 0.3 is 13.2 Å². The molecule has 2 aliphatic rings. The van der Waals surface area contributed by atoms with Gasteiger partial charge in [0.25, 0.3) is 5.91 Å². The molecule has 0 radical (unpaired) electrons. The van der Waals surface area contributed by atoms with Crippen molar-refractivity contribution in [2.45, 2.75) is 57.1 Å². The molecule has 2 heterocycles. The Morgan fingerprint density at radius 1 is 1.24 bits per heavy atom. The monoisotopic (exact) mass is 512 g/mol. The highest BCUT2D eigenvalue weighted by Gasteiger charge is 2.33. The van der Waals surface area contributed by atoms with Crippen molar-refractivity contribution in [1.82, 2.24) is 15.1 Å². The zero-order chi connectivity index (χ0) is 26.8. The van der Waals surface area contributed by atoms with Crippen molar-refractivity contribution in [3.63, 3.8) is 0 Å². The molecule has 37 heavy (non-hydrogen) atoms. The minimum Gasteiger partial charge on any atom is -0.447 e. The van der Waals surface area contributed by atoms with Crippen LogP contribution in [0.15, 0.2) is 42.0 Å². The summed E-state index contributed by atoms with van der Waals surface area (Å²) in [5, 5.41) is 31.7. The van der Waals surface area contributed by atoms with Crippen LogP contribution in [0.1, 0.15) is 38.7 Å². The van der Waals surface area contributed by atoms with Gasteiger partial charge in [0.05, 0.1) is 25.2 Å². The van der Waals surface area contributed by atoms with Crippen LogP contribution < -0.4 is 5.32 Å². The number of nitrogens with zero attached hydrogens (tertiary/aromatic N) is 3. The number of morpholine rings is 1.